The molecule has 0 aromatic heterocycles. The number of nitrogens with zero attached hydrogens (tertiary/aromatic N) is 2. The zero-order valence-electron chi connectivity index (χ0n) is 12.1. The highest BCUT2D eigenvalue weighted by molar-refractivity contribution is 5.81. The molecule has 2 aliphatic rings. The fourth-order valence-corrected chi connectivity index (χ4v) is 3.00. The second kappa shape index (κ2) is 6.54. The van der Waals surface area contributed by atoms with Gasteiger partial charge in [-0.1, -0.05) is 12.1 Å². The molecule has 0 radical (unpaired) electrons. The third-order valence-corrected chi connectivity index (χ3v) is 4.18. The zero-order chi connectivity index (χ0) is 14.7. The first-order chi connectivity index (χ1) is 10.2. The molecule has 0 spiro atoms. The van der Waals surface area contributed by atoms with Crippen molar-refractivity contribution in [1.29, 1.82) is 0 Å². The molecule has 0 bridgehead atoms. The topological polar surface area (TPSA) is 32.8 Å². The highest BCUT2D eigenvalue weighted by atomic mass is 19.1. The maximum absolute atomic E-state index is 13.2. The summed E-state index contributed by atoms with van der Waals surface area (Å²) in [6.45, 7) is 4.56. The Bertz CT molecular complexity index is 495. The SMILES string of the molecule is O=C([C@H]1CCCO1)N1CCN(Cc2cccc(F)c2)CC1. The average molecular weight is 292 g/mol. The number of amides is 1. The fraction of sp³-hybridized carbons (Fsp3) is 0.562. The third-order valence-electron chi connectivity index (χ3n) is 4.18. The van der Waals surface area contributed by atoms with Gasteiger partial charge in [0.1, 0.15) is 11.9 Å². The maximum Gasteiger partial charge on any atom is 0.251 e. The molecule has 2 heterocycles. The van der Waals surface area contributed by atoms with Gasteiger partial charge in [0.15, 0.2) is 0 Å². The number of carbonyl (C=O) groups excluding carboxylic acids is 1. The molecule has 1 aromatic carbocycles. The Labute approximate surface area is 124 Å². The Balaban J connectivity index is 1.49. The molecule has 114 valence electrons. The van der Waals surface area contributed by atoms with E-state index < -0.39 is 0 Å². The van der Waals surface area contributed by atoms with Crippen LogP contribution >= 0.6 is 0 Å². The minimum absolute atomic E-state index is 0.137. The van der Waals surface area contributed by atoms with Crippen LogP contribution in [-0.2, 0) is 16.1 Å². The van der Waals surface area contributed by atoms with Crippen molar-refractivity contribution in [2.75, 3.05) is 32.8 Å². The van der Waals surface area contributed by atoms with Crippen molar-refractivity contribution in [1.82, 2.24) is 9.80 Å². The highest BCUT2D eigenvalue weighted by Crippen LogP contribution is 2.16. The lowest BCUT2D eigenvalue weighted by Gasteiger charge is -2.35. The molecule has 5 heteroatoms. The number of piperazine rings is 1. The Morgan fingerprint density at radius 2 is 2.10 bits per heavy atom. The molecule has 0 N–H and O–H groups in total. The van der Waals surface area contributed by atoms with Crippen molar-refractivity contribution < 1.29 is 13.9 Å². The summed E-state index contributed by atoms with van der Waals surface area (Å²) in [7, 11) is 0. The fourth-order valence-electron chi connectivity index (χ4n) is 3.00. The van der Waals surface area contributed by atoms with Gasteiger partial charge in [0.25, 0.3) is 5.91 Å². The normalized spacial score (nSPS) is 23.5. The van der Waals surface area contributed by atoms with Crippen LogP contribution in [0.2, 0.25) is 0 Å². The van der Waals surface area contributed by atoms with Crippen molar-refractivity contribution in [3.05, 3.63) is 35.6 Å². The molecule has 0 unspecified atom stereocenters. The Kier molecular flexibility index (Phi) is 4.51. The molecule has 0 aliphatic carbocycles. The second-order valence-corrected chi connectivity index (χ2v) is 5.73. The molecular formula is C16H21FN2O2. The molecular weight excluding hydrogens is 271 g/mol. The first-order valence-electron chi connectivity index (χ1n) is 7.59. The third kappa shape index (κ3) is 3.60. The Hall–Kier alpha value is -1.46. The van der Waals surface area contributed by atoms with E-state index in [1.165, 1.54) is 6.07 Å². The van der Waals surface area contributed by atoms with Gasteiger partial charge in [-0.05, 0) is 30.5 Å². The van der Waals surface area contributed by atoms with Crippen LogP contribution in [0.1, 0.15) is 18.4 Å². The van der Waals surface area contributed by atoms with Crippen LogP contribution in [0, 0.1) is 5.82 Å². The molecule has 2 fully saturated rings. The predicted molar refractivity (Wildman–Crippen MR) is 77.2 cm³/mol. The van der Waals surface area contributed by atoms with Gasteiger partial charge < -0.3 is 9.64 Å². The summed E-state index contributed by atoms with van der Waals surface area (Å²) in [5, 5.41) is 0. The van der Waals surface area contributed by atoms with Crippen molar-refractivity contribution in [3.8, 4) is 0 Å². The standard InChI is InChI=1S/C16H21FN2O2/c17-14-4-1-3-13(11-14)12-18-6-8-19(9-7-18)16(20)15-5-2-10-21-15/h1,3-4,11,15H,2,5-10,12H2/t15-/m1/s1. The molecule has 0 saturated carbocycles. The summed E-state index contributed by atoms with van der Waals surface area (Å²) in [6.07, 6.45) is 1.61. The van der Waals surface area contributed by atoms with E-state index in [9.17, 15) is 9.18 Å². The minimum atomic E-state index is -0.222. The average Bonchev–Trinajstić information content (AvgIpc) is 3.01. The summed E-state index contributed by atoms with van der Waals surface area (Å²) >= 11 is 0. The van der Waals surface area contributed by atoms with Crippen LogP contribution in [0.3, 0.4) is 0 Å². The molecule has 1 aromatic rings. The first-order valence-corrected chi connectivity index (χ1v) is 7.59. The predicted octanol–water partition coefficient (Wildman–Crippen LogP) is 1.65. The molecule has 2 saturated heterocycles. The molecule has 1 atom stereocenters. The minimum Gasteiger partial charge on any atom is -0.368 e. The number of halogens is 1. The lowest BCUT2D eigenvalue weighted by Crippen LogP contribution is -2.51. The van der Waals surface area contributed by atoms with Crippen LogP contribution in [0.5, 0.6) is 0 Å². The van der Waals surface area contributed by atoms with Gasteiger partial charge in [-0.2, -0.15) is 0 Å². The van der Waals surface area contributed by atoms with Gasteiger partial charge in [-0.25, -0.2) is 4.39 Å². The van der Waals surface area contributed by atoms with E-state index in [0.29, 0.717) is 6.61 Å². The van der Waals surface area contributed by atoms with Gasteiger partial charge in [0, 0.05) is 39.3 Å². The zero-order valence-corrected chi connectivity index (χ0v) is 12.1. The van der Waals surface area contributed by atoms with Crippen LogP contribution < -0.4 is 0 Å². The maximum atomic E-state index is 13.2. The number of benzene rings is 1. The molecule has 4 nitrogen and oxygen atoms in total. The van der Waals surface area contributed by atoms with E-state index in [4.69, 9.17) is 4.74 Å². The Morgan fingerprint density at radius 1 is 1.29 bits per heavy atom. The largest absolute Gasteiger partial charge is 0.368 e. The highest BCUT2D eigenvalue weighted by Gasteiger charge is 2.30. The van der Waals surface area contributed by atoms with Crippen molar-refractivity contribution in [2.24, 2.45) is 0 Å². The Morgan fingerprint density at radius 3 is 2.76 bits per heavy atom. The summed E-state index contributed by atoms with van der Waals surface area (Å²) in [6, 6.07) is 6.71. The van der Waals surface area contributed by atoms with Crippen LogP contribution in [0.25, 0.3) is 0 Å². The van der Waals surface area contributed by atoms with Crippen LogP contribution in [-0.4, -0.2) is 54.6 Å². The van der Waals surface area contributed by atoms with E-state index in [1.807, 2.05) is 11.0 Å². The van der Waals surface area contributed by atoms with E-state index in [1.54, 1.807) is 12.1 Å². The molecule has 2 aliphatic heterocycles. The van der Waals surface area contributed by atoms with E-state index in [0.717, 1.165) is 51.1 Å². The number of rotatable bonds is 3. The van der Waals surface area contributed by atoms with E-state index in [2.05, 4.69) is 4.90 Å². The smallest absolute Gasteiger partial charge is 0.251 e. The number of ether oxygens (including phenoxy) is 1. The summed E-state index contributed by atoms with van der Waals surface area (Å²) in [5.74, 6) is -0.0578. The number of hydrogen-bond donors (Lipinski definition) is 0. The molecule has 1 amide bonds. The monoisotopic (exact) mass is 292 g/mol. The van der Waals surface area contributed by atoms with Gasteiger partial charge in [0.2, 0.25) is 0 Å². The van der Waals surface area contributed by atoms with Gasteiger partial charge in [0.05, 0.1) is 0 Å². The number of carbonyl (C=O) groups is 1. The quantitative estimate of drug-likeness (QED) is 0.849. The van der Waals surface area contributed by atoms with Crippen molar-refractivity contribution in [2.45, 2.75) is 25.5 Å². The van der Waals surface area contributed by atoms with Crippen LogP contribution in [0.4, 0.5) is 4.39 Å². The lowest BCUT2D eigenvalue weighted by molar-refractivity contribution is -0.142. The molecule has 21 heavy (non-hydrogen) atoms. The van der Waals surface area contributed by atoms with Crippen molar-refractivity contribution in [3.63, 3.8) is 0 Å². The summed E-state index contributed by atoms with van der Waals surface area (Å²) < 4.78 is 18.6. The van der Waals surface area contributed by atoms with E-state index >= 15 is 0 Å². The second-order valence-electron chi connectivity index (χ2n) is 5.73. The van der Waals surface area contributed by atoms with Gasteiger partial charge >= 0.3 is 0 Å². The van der Waals surface area contributed by atoms with Gasteiger partial charge in [-0.15, -0.1) is 0 Å². The van der Waals surface area contributed by atoms with E-state index in [-0.39, 0.29) is 17.8 Å². The van der Waals surface area contributed by atoms with Gasteiger partial charge in [-0.3, -0.25) is 9.69 Å². The van der Waals surface area contributed by atoms with Crippen LogP contribution in [0.15, 0.2) is 24.3 Å². The summed E-state index contributed by atoms with van der Waals surface area (Å²) in [4.78, 5) is 16.4. The number of hydrogen-bond acceptors (Lipinski definition) is 3. The lowest BCUT2D eigenvalue weighted by atomic mass is 10.1. The van der Waals surface area contributed by atoms with Crippen molar-refractivity contribution >= 4 is 5.91 Å². The summed E-state index contributed by atoms with van der Waals surface area (Å²) in [5.41, 5.74) is 0.980. The first kappa shape index (κ1) is 14.5. The molecule has 3 rings (SSSR count).